The third-order valence-electron chi connectivity index (χ3n) is 2.94. The third-order valence-corrected chi connectivity index (χ3v) is 3.33. The number of likely N-dealkylation sites (N-methyl/N-ethyl adjacent to an activating group) is 1. The summed E-state index contributed by atoms with van der Waals surface area (Å²) in [6.07, 6.45) is 0.0167. The summed E-state index contributed by atoms with van der Waals surface area (Å²) in [7, 11) is 3.11. The second kappa shape index (κ2) is 7.80. The van der Waals surface area contributed by atoms with Gasteiger partial charge in [-0.2, -0.15) is 0 Å². The zero-order valence-corrected chi connectivity index (χ0v) is 12.5. The Morgan fingerprint density at radius 1 is 1.57 bits per heavy atom. The summed E-state index contributed by atoms with van der Waals surface area (Å²) in [5.74, 6) is -0.708. The normalized spacial score (nSPS) is 12.2. The number of hydrogen-bond donors (Lipinski definition) is 1. The number of halogens is 1. The van der Waals surface area contributed by atoms with Gasteiger partial charge < -0.3 is 14.7 Å². The van der Waals surface area contributed by atoms with Crippen molar-refractivity contribution in [1.29, 1.82) is 0 Å². The molecule has 0 saturated heterocycles. The number of alkyl halides is 1. The maximum Gasteiger partial charge on any atom is 0.311 e. The molecule has 1 unspecified atom stereocenters. The summed E-state index contributed by atoms with van der Waals surface area (Å²) in [6.45, 7) is 0.745. The van der Waals surface area contributed by atoms with Gasteiger partial charge in [0.2, 0.25) is 0 Å². The Balaban J connectivity index is 2.78. The molecule has 0 spiro atoms. The number of benzene rings is 1. The van der Waals surface area contributed by atoms with Crippen molar-refractivity contribution in [1.82, 2.24) is 4.90 Å². The molecule has 1 N–H and O–H groups in total. The molecule has 1 rings (SSSR count). The lowest BCUT2D eigenvalue weighted by Gasteiger charge is -2.19. The Morgan fingerprint density at radius 3 is 2.76 bits per heavy atom. The van der Waals surface area contributed by atoms with E-state index in [1.807, 2.05) is 0 Å². The average molecular weight is 317 g/mol. The standard InChI is InChI=1S/C13H17ClN2O5/c1-15(6-5-13(17)18)8-10(14)9-3-4-12(21-2)11(7-9)16(19)20/h3-4,7,10H,5-6,8H2,1-2H3,(H,17,18). The fourth-order valence-corrected chi connectivity index (χ4v) is 2.17. The highest BCUT2D eigenvalue weighted by molar-refractivity contribution is 6.21. The van der Waals surface area contributed by atoms with Crippen molar-refractivity contribution in [3.63, 3.8) is 0 Å². The van der Waals surface area contributed by atoms with E-state index < -0.39 is 16.3 Å². The molecule has 0 aliphatic carbocycles. The first-order chi connectivity index (χ1) is 9.85. The monoisotopic (exact) mass is 316 g/mol. The van der Waals surface area contributed by atoms with E-state index in [0.29, 0.717) is 18.7 Å². The van der Waals surface area contributed by atoms with Gasteiger partial charge in [0.25, 0.3) is 0 Å². The van der Waals surface area contributed by atoms with Crippen LogP contribution < -0.4 is 4.74 Å². The molecule has 0 amide bonds. The molecule has 0 saturated carbocycles. The van der Waals surface area contributed by atoms with Crippen molar-refractivity contribution in [3.8, 4) is 5.75 Å². The zero-order valence-electron chi connectivity index (χ0n) is 11.8. The van der Waals surface area contributed by atoms with Crippen LogP contribution in [0.4, 0.5) is 5.69 Å². The second-order valence-corrected chi connectivity index (χ2v) is 5.09. The molecule has 8 heteroatoms. The first-order valence-corrected chi connectivity index (χ1v) is 6.65. The maximum atomic E-state index is 11.0. The Hall–Kier alpha value is -1.86. The van der Waals surface area contributed by atoms with Gasteiger partial charge in [0.15, 0.2) is 5.75 Å². The van der Waals surface area contributed by atoms with Crippen LogP contribution in [0.3, 0.4) is 0 Å². The van der Waals surface area contributed by atoms with E-state index in [1.165, 1.54) is 19.2 Å². The number of nitro benzene ring substituents is 1. The summed E-state index contributed by atoms with van der Waals surface area (Å²) >= 11 is 6.24. The summed E-state index contributed by atoms with van der Waals surface area (Å²) < 4.78 is 4.93. The van der Waals surface area contributed by atoms with Crippen molar-refractivity contribution in [2.75, 3.05) is 27.2 Å². The number of rotatable bonds is 8. The smallest absolute Gasteiger partial charge is 0.311 e. The summed E-state index contributed by atoms with van der Waals surface area (Å²) in [5, 5.41) is 19.1. The fourth-order valence-electron chi connectivity index (χ4n) is 1.80. The van der Waals surface area contributed by atoms with Crippen LogP contribution in [0.2, 0.25) is 0 Å². The lowest BCUT2D eigenvalue weighted by molar-refractivity contribution is -0.385. The number of carboxylic acid groups (broad SMARTS) is 1. The van der Waals surface area contributed by atoms with Gasteiger partial charge in [-0.25, -0.2) is 0 Å². The maximum absolute atomic E-state index is 11.0. The average Bonchev–Trinajstić information content (AvgIpc) is 2.44. The van der Waals surface area contributed by atoms with Crippen LogP contribution >= 0.6 is 11.6 Å². The van der Waals surface area contributed by atoms with Crippen LogP contribution in [0.15, 0.2) is 18.2 Å². The van der Waals surface area contributed by atoms with Crippen LogP contribution in [0.1, 0.15) is 17.4 Å². The lowest BCUT2D eigenvalue weighted by Crippen LogP contribution is -2.25. The largest absolute Gasteiger partial charge is 0.490 e. The van der Waals surface area contributed by atoms with Crippen molar-refractivity contribution >= 4 is 23.3 Å². The summed E-state index contributed by atoms with van der Waals surface area (Å²) in [5.41, 5.74) is 0.445. The van der Waals surface area contributed by atoms with E-state index in [-0.39, 0.29) is 17.9 Å². The first kappa shape index (κ1) is 17.2. The summed E-state index contributed by atoms with van der Waals surface area (Å²) in [6, 6.07) is 4.54. The molecule has 1 aromatic rings. The molecule has 0 radical (unpaired) electrons. The predicted octanol–water partition coefficient (Wildman–Crippen LogP) is 2.29. The lowest BCUT2D eigenvalue weighted by atomic mass is 10.1. The van der Waals surface area contributed by atoms with Crippen molar-refractivity contribution < 1.29 is 19.6 Å². The van der Waals surface area contributed by atoms with Gasteiger partial charge in [-0.15, -0.1) is 11.6 Å². The van der Waals surface area contributed by atoms with E-state index in [1.54, 1.807) is 18.0 Å². The zero-order chi connectivity index (χ0) is 16.0. The van der Waals surface area contributed by atoms with Gasteiger partial charge in [-0.05, 0) is 18.7 Å². The highest BCUT2D eigenvalue weighted by Gasteiger charge is 2.19. The number of carbonyl (C=O) groups is 1. The predicted molar refractivity (Wildman–Crippen MR) is 78.0 cm³/mol. The van der Waals surface area contributed by atoms with Crippen LogP contribution in [0.5, 0.6) is 5.75 Å². The van der Waals surface area contributed by atoms with Crippen molar-refractivity contribution in [2.24, 2.45) is 0 Å². The molecular weight excluding hydrogens is 300 g/mol. The molecule has 7 nitrogen and oxygen atoms in total. The van der Waals surface area contributed by atoms with E-state index in [2.05, 4.69) is 0 Å². The molecule has 0 aromatic heterocycles. The number of nitro groups is 1. The Morgan fingerprint density at radius 2 is 2.24 bits per heavy atom. The van der Waals surface area contributed by atoms with Gasteiger partial charge in [0.05, 0.1) is 23.8 Å². The number of carboxylic acids is 1. The Bertz CT molecular complexity index is 523. The molecule has 1 aromatic carbocycles. The number of ether oxygens (including phenoxy) is 1. The molecule has 116 valence electrons. The van der Waals surface area contributed by atoms with Crippen LogP contribution in [0, 0.1) is 10.1 Å². The van der Waals surface area contributed by atoms with Gasteiger partial charge >= 0.3 is 11.7 Å². The molecule has 0 heterocycles. The van der Waals surface area contributed by atoms with E-state index >= 15 is 0 Å². The van der Waals surface area contributed by atoms with Crippen LogP contribution in [0.25, 0.3) is 0 Å². The van der Waals surface area contributed by atoms with Crippen LogP contribution in [-0.2, 0) is 4.79 Å². The molecular formula is C13H17ClN2O5. The topological polar surface area (TPSA) is 92.9 Å². The van der Waals surface area contributed by atoms with E-state index in [0.717, 1.165) is 0 Å². The highest BCUT2D eigenvalue weighted by Crippen LogP contribution is 2.32. The molecule has 0 aliphatic heterocycles. The number of aliphatic carboxylic acids is 1. The minimum absolute atomic E-state index is 0.0167. The van der Waals surface area contributed by atoms with Crippen molar-refractivity contribution in [3.05, 3.63) is 33.9 Å². The SMILES string of the molecule is COc1ccc(C(Cl)CN(C)CCC(=O)O)cc1[N+](=O)[O-]. The fraction of sp³-hybridized carbons (Fsp3) is 0.462. The minimum atomic E-state index is -0.881. The van der Waals surface area contributed by atoms with Crippen LogP contribution in [-0.4, -0.2) is 48.1 Å². The quantitative estimate of drug-likeness (QED) is 0.449. The first-order valence-electron chi connectivity index (χ1n) is 6.22. The molecule has 1 atom stereocenters. The van der Waals surface area contributed by atoms with Crippen molar-refractivity contribution in [2.45, 2.75) is 11.8 Å². The minimum Gasteiger partial charge on any atom is -0.490 e. The molecule has 0 fully saturated rings. The molecule has 0 bridgehead atoms. The Labute approximate surface area is 127 Å². The van der Waals surface area contributed by atoms with E-state index in [9.17, 15) is 14.9 Å². The van der Waals surface area contributed by atoms with Gasteiger partial charge in [-0.3, -0.25) is 14.9 Å². The Kier molecular flexibility index (Phi) is 6.39. The number of nitrogens with zero attached hydrogens (tertiary/aromatic N) is 2. The highest BCUT2D eigenvalue weighted by atomic mass is 35.5. The van der Waals surface area contributed by atoms with Gasteiger partial charge in [0, 0.05) is 19.2 Å². The number of hydrogen-bond acceptors (Lipinski definition) is 5. The third kappa shape index (κ3) is 5.20. The molecule has 0 aliphatic rings. The van der Waals surface area contributed by atoms with Gasteiger partial charge in [-0.1, -0.05) is 6.07 Å². The molecule has 21 heavy (non-hydrogen) atoms. The summed E-state index contributed by atoms with van der Waals surface area (Å²) in [4.78, 5) is 22.7. The van der Waals surface area contributed by atoms with E-state index in [4.69, 9.17) is 21.4 Å². The number of methoxy groups -OCH3 is 1. The van der Waals surface area contributed by atoms with Gasteiger partial charge in [0.1, 0.15) is 0 Å². The second-order valence-electron chi connectivity index (χ2n) is 4.56.